The van der Waals surface area contributed by atoms with Gasteiger partial charge in [0.2, 0.25) is 0 Å². The number of hydrogen-bond acceptors (Lipinski definition) is 11. The highest BCUT2D eigenvalue weighted by atomic mass is 32.1. The van der Waals surface area contributed by atoms with Crippen molar-refractivity contribution in [1.29, 1.82) is 0 Å². The van der Waals surface area contributed by atoms with Gasteiger partial charge in [0.05, 0.1) is 29.6 Å². The molecule has 0 atom stereocenters. The second-order valence-corrected chi connectivity index (χ2v) is 22.6. The van der Waals surface area contributed by atoms with Crippen LogP contribution in [0.4, 0.5) is 21.6 Å². The Bertz CT molecular complexity index is 3130. The largest absolute Gasteiger partial charge is 0.478 e. The van der Waals surface area contributed by atoms with E-state index in [1.807, 2.05) is 38.4 Å². The maximum absolute atomic E-state index is 11.7. The van der Waals surface area contributed by atoms with Gasteiger partial charge >= 0.3 is 11.9 Å². The quantitative estimate of drug-likeness (QED) is 0.0836. The number of carboxylic acid groups (broad SMARTS) is 1. The van der Waals surface area contributed by atoms with Crippen molar-refractivity contribution in [1.82, 2.24) is 9.97 Å². The van der Waals surface area contributed by atoms with Crippen LogP contribution in [0.15, 0.2) is 156 Å². The van der Waals surface area contributed by atoms with Crippen molar-refractivity contribution in [2.24, 2.45) is 0 Å². The molecule has 2 aliphatic carbocycles. The minimum Gasteiger partial charge on any atom is -0.478 e. The summed E-state index contributed by atoms with van der Waals surface area (Å²) in [5.41, 5.74) is 15.2. The van der Waals surface area contributed by atoms with Gasteiger partial charge in [-0.1, -0.05) is 136 Å². The van der Waals surface area contributed by atoms with Crippen molar-refractivity contribution < 1.29 is 19.4 Å². The van der Waals surface area contributed by atoms with E-state index in [9.17, 15) is 9.59 Å². The molecule has 10 rings (SSSR count). The van der Waals surface area contributed by atoms with E-state index >= 15 is 0 Å². The summed E-state index contributed by atoms with van der Waals surface area (Å²) in [5, 5.41) is 15.2. The number of esters is 1. The van der Waals surface area contributed by atoms with E-state index in [-0.39, 0.29) is 5.97 Å². The first-order valence-corrected chi connectivity index (χ1v) is 28.9. The minimum absolute atomic E-state index is 0.301. The molecule has 0 saturated heterocycles. The summed E-state index contributed by atoms with van der Waals surface area (Å²) in [7, 11) is 9.73. The lowest BCUT2D eigenvalue weighted by atomic mass is 9.84. The predicted octanol–water partition coefficient (Wildman–Crippen LogP) is 15.7. The maximum atomic E-state index is 11.7. The predicted molar refractivity (Wildman–Crippen MR) is 319 cm³/mol. The first-order valence-electron chi connectivity index (χ1n) is 27.1. The SMILES string of the molecule is CN(Cc1ccc(C2CCCCC2)cc1)c1ccc(-c2csc(N(C)Cc3ccc(C(=O)O)cc3)n2)cc1.COC(=O)c1ccc(CN(C)c2nc(-c3ccc(N(C)Cc4ccc(C5CCCCC5)cc4)cc3)cs2)cc1. The summed E-state index contributed by atoms with van der Waals surface area (Å²) in [6, 6.07) is 50.3. The molecule has 8 aromatic rings. The molecule has 2 fully saturated rings. The number of benzene rings is 6. The fourth-order valence-electron chi connectivity index (χ4n) is 10.6. The third kappa shape index (κ3) is 14.6. The zero-order chi connectivity index (χ0) is 53.7. The number of aromatic carboxylic acids is 1. The molecule has 6 aromatic carbocycles. The normalized spacial score (nSPS) is 13.8. The minimum atomic E-state index is -0.907. The number of anilines is 4. The fourth-order valence-corrected chi connectivity index (χ4v) is 12.2. The van der Waals surface area contributed by atoms with Crippen LogP contribution >= 0.6 is 22.7 Å². The average molecular weight is 1070 g/mol. The molecule has 2 heterocycles. The molecule has 0 unspecified atom stereocenters. The fraction of sp³-hybridized carbons (Fsp3) is 0.323. The lowest BCUT2D eigenvalue weighted by molar-refractivity contribution is 0.0599. The standard InChI is InChI=1S/C33H37N3O2S.C32H35N3O2S/c1-35(21-24-9-13-27(14-10-24)26-7-5-4-6-8-26)30-19-17-28(18-20-30)31-23-39-33(34-31)36(2)22-25-11-15-29(16-12-25)32(37)38-3;1-34(20-23-8-12-26(13-9-23)25-6-4-3-5-7-25)29-18-16-27(17-19-29)30-22-38-32(33-30)35(2)21-24-10-14-28(15-11-24)31(36)37/h9-20,23,26H,4-8,21-22H2,1-3H3;8-19,22,25H,3-7,20-21H2,1-2H3,(H,36,37). The maximum Gasteiger partial charge on any atom is 0.337 e. The first-order chi connectivity index (χ1) is 37.5. The molecule has 0 radical (unpaired) electrons. The van der Waals surface area contributed by atoms with Crippen molar-refractivity contribution in [3.05, 3.63) is 201 Å². The summed E-state index contributed by atoms with van der Waals surface area (Å²) >= 11 is 3.25. The van der Waals surface area contributed by atoms with Crippen molar-refractivity contribution in [3.8, 4) is 22.5 Å². The Kier molecular flexibility index (Phi) is 18.5. The molecule has 2 saturated carbocycles. The average Bonchev–Trinajstić information content (AvgIpc) is 4.20. The molecule has 0 spiro atoms. The molecule has 77 heavy (non-hydrogen) atoms. The molecule has 12 heteroatoms. The number of carbonyl (C=O) groups is 2. The van der Waals surface area contributed by atoms with Crippen LogP contribution in [-0.4, -0.2) is 62.3 Å². The number of rotatable bonds is 18. The Labute approximate surface area is 463 Å². The lowest BCUT2D eigenvalue weighted by Crippen LogP contribution is -2.16. The van der Waals surface area contributed by atoms with Crippen molar-refractivity contribution in [2.45, 2.75) is 102 Å². The molecular weight excluding hydrogens is 993 g/mol. The van der Waals surface area contributed by atoms with Gasteiger partial charge < -0.3 is 29.4 Å². The molecule has 2 aliphatic rings. The summed E-state index contributed by atoms with van der Waals surface area (Å²) in [6.45, 7) is 3.14. The van der Waals surface area contributed by atoms with E-state index in [1.165, 1.54) is 105 Å². The number of carboxylic acids is 1. The third-order valence-electron chi connectivity index (χ3n) is 15.2. The van der Waals surface area contributed by atoms with Crippen LogP contribution in [0.3, 0.4) is 0 Å². The highest BCUT2D eigenvalue weighted by Crippen LogP contribution is 2.35. The van der Waals surface area contributed by atoms with Crippen LogP contribution in [0.25, 0.3) is 22.5 Å². The number of hydrogen-bond donors (Lipinski definition) is 1. The van der Waals surface area contributed by atoms with Gasteiger partial charge in [0.1, 0.15) is 0 Å². The van der Waals surface area contributed by atoms with E-state index in [2.05, 4.69) is 142 Å². The zero-order valence-electron chi connectivity index (χ0n) is 45.2. The van der Waals surface area contributed by atoms with Gasteiger partial charge in [0.15, 0.2) is 10.3 Å². The Balaban J connectivity index is 0.000000188. The third-order valence-corrected chi connectivity index (χ3v) is 17.1. The van der Waals surface area contributed by atoms with Gasteiger partial charge in [-0.05, 0) is 119 Å². The number of aromatic nitrogens is 2. The van der Waals surface area contributed by atoms with E-state index < -0.39 is 5.97 Å². The van der Waals surface area contributed by atoms with Crippen LogP contribution in [0.5, 0.6) is 0 Å². The Morgan fingerprint density at radius 1 is 0.468 bits per heavy atom. The lowest BCUT2D eigenvalue weighted by Gasteiger charge is -2.23. The number of ether oxygens (including phenoxy) is 1. The van der Waals surface area contributed by atoms with Gasteiger partial charge in [-0.25, -0.2) is 19.6 Å². The topological polar surface area (TPSA) is 102 Å². The van der Waals surface area contributed by atoms with Crippen LogP contribution in [-0.2, 0) is 30.9 Å². The van der Waals surface area contributed by atoms with E-state index in [0.29, 0.717) is 24.2 Å². The number of methoxy groups -OCH3 is 1. The highest BCUT2D eigenvalue weighted by Gasteiger charge is 2.18. The van der Waals surface area contributed by atoms with Crippen molar-refractivity contribution >= 4 is 56.3 Å². The van der Waals surface area contributed by atoms with Gasteiger partial charge in [-0.3, -0.25) is 0 Å². The van der Waals surface area contributed by atoms with Gasteiger partial charge in [-0.2, -0.15) is 0 Å². The van der Waals surface area contributed by atoms with Gasteiger partial charge in [0, 0.05) is 87.6 Å². The molecular formula is C65H72N6O4S2. The Hall–Kier alpha value is -7.28. The summed E-state index contributed by atoms with van der Waals surface area (Å²) in [5.74, 6) is 0.276. The number of thiazole rings is 2. The zero-order valence-corrected chi connectivity index (χ0v) is 46.9. The molecule has 2 aromatic heterocycles. The van der Waals surface area contributed by atoms with Crippen LogP contribution in [0.2, 0.25) is 0 Å². The Morgan fingerprint density at radius 3 is 1.16 bits per heavy atom. The smallest absolute Gasteiger partial charge is 0.337 e. The number of carbonyl (C=O) groups excluding carboxylic acids is 1. The van der Waals surface area contributed by atoms with E-state index in [1.54, 1.807) is 46.9 Å². The second kappa shape index (κ2) is 26.2. The molecule has 398 valence electrons. The monoisotopic (exact) mass is 1060 g/mol. The highest BCUT2D eigenvalue weighted by molar-refractivity contribution is 7.14. The Morgan fingerprint density at radius 2 is 0.805 bits per heavy atom. The molecule has 0 amide bonds. The van der Waals surface area contributed by atoms with E-state index in [4.69, 9.17) is 19.8 Å². The van der Waals surface area contributed by atoms with E-state index in [0.717, 1.165) is 68.8 Å². The van der Waals surface area contributed by atoms with Crippen LogP contribution in [0, 0.1) is 0 Å². The van der Waals surface area contributed by atoms with Gasteiger partial charge in [-0.15, -0.1) is 22.7 Å². The molecule has 0 aliphatic heterocycles. The molecule has 0 bridgehead atoms. The van der Waals surface area contributed by atoms with Gasteiger partial charge in [0.25, 0.3) is 0 Å². The molecule has 1 N–H and O–H groups in total. The summed E-state index contributed by atoms with van der Waals surface area (Å²) < 4.78 is 4.78. The number of nitrogens with zero attached hydrogens (tertiary/aromatic N) is 6. The summed E-state index contributed by atoms with van der Waals surface area (Å²) in [4.78, 5) is 41.3. The van der Waals surface area contributed by atoms with Crippen molar-refractivity contribution in [2.75, 3.05) is 54.9 Å². The van der Waals surface area contributed by atoms with Crippen LogP contribution < -0.4 is 19.6 Å². The van der Waals surface area contributed by atoms with Crippen LogP contribution in [0.1, 0.15) is 130 Å². The summed E-state index contributed by atoms with van der Waals surface area (Å²) in [6.07, 6.45) is 13.6. The van der Waals surface area contributed by atoms with Crippen molar-refractivity contribution in [3.63, 3.8) is 0 Å². The second-order valence-electron chi connectivity index (χ2n) is 20.9. The first kappa shape index (κ1) is 54.5. The molecule has 10 nitrogen and oxygen atoms in total.